The molecule has 0 radical (unpaired) electrons. The van der Waals surface area contributed by atoms with Crippen molar-refractivity contribution in [3.05, 3.63) is 53.3 Å². The SMILES string of the molecule is NC(=O)c1cc(NC(=O)CC2Sc3ccc(C(F)(F)F)cc3NC2=O)ccc1F. The summed E-state index contributed by atoms with van der Waals surface area (Å²) in [5.74, 6) is -3.06. The summed E-state index contributed by atoms with van der Waals surface area (Å²) in [6.07, 6.45) is -4.83. The predicted molar refractivity (Wildman–Crippen MR) is 97.9 cm³/mol. The molecule has 4 N–H and O–H groups in total. The Labute approximate surface area is 165 Å². The van der Waals surface area contributed by atoms with Crippen LogP contribution in [-0.2, 0) is 15.8 Å². The number of benzene rings is 2. The number of amides is 3. The van der Waals surface area contributed by atoms with Gasteiger partial charge >= 0.3 is 6.18 Å². The maximum Gasteiger partial charge on any atom is 0.416 e. The Morgan fingerprint density at radius 3 is 2.55 bits per heavy atom. The van der Waals surface area contributed by atoms with E-state index in [9.17, 15) is 31.9 Å². The lowest BCUT2D eigenvalue weighted by atomic mass is 10.1. The molecule has 6 nitrogen and oxygen atoms in total. The average molecular weight is 427 g/mol. The van der Waals surface area contributed by atoms with E-state index in [1.807, 2.05) is 0 Å². The summed E-state index contributed by atoms with van der Waals surface area (Å²) in [6.45, 7) is 0. The molecule has 2 aromatic rings. The Kier molecular flexibility index (Phi) is 5.51. The summed E-state index contributed by atoms with van der Waals surface area (Å²) in [5.41, 5.74) is 3.89. The van der Waals surface area contributed by atoms with E-state index >= 15 is 0 Å². The van der Waals surface area contributed by atoms with Gasteiger partial charge in [0.25, 0.3) is 5.91 Å². The molecule has 3 rings (SSSR count). The molecule has 152 valence electrons. The molecule has 2 aromatic carbocycles. The summed E-state index contributed by atoms with van der Waals surface area (Å²) < 4.78 is 51.9. The van der Waals surface area contributed by atoms with Gasteiger partial charge in [-0.05, 0) is 36.4 Å². The molecule has 0 bridgehead atoms. The number of nitrogens with one attached hydrogen (secondary N) is 2. The third kappa shape index (κ3) is 4.67. The molecule has 1 heterocycles. The first-order valence-corrected chi connectivity index (χ1v) is 9.00. The number of carbonyl (C=O) groups excluding carboxylic acids is 3. The second-order valence-electron chi connectivity index (χ2n) is 6.12. The number of hydrogen-bond acceptors (Lipinski definition) is 4. The summed E-state index contributed by atoms with van der Waals surface area (Å²) in [4.78, 5) is 36.0. The molecule has 11 heteroatoms. The molecule has 1 aliphatic rings. The molecule has 3 amide bonds. The van der Waals surface area contributed by atoms with Gasteiger partial charge in [0.2, 0.25) is 11.8 Å². The van der Waals surface area contributed by atoms with Gasteiger partial charge < -0.3 is 16.4 Å². The van der Waals surface area contributed by atoms with Crippen LogP contribution in [0.5, 0.6) is 0 Å². The number of halogens is 4. The third-order valence-electron chi connectivity index (χ3n) is 4.01. The number of thioether (sulfide) groups is 1. The maximum atomic E-state index is 13.5. The fourth-order valence-electron chi connectivity index (χ4n) is 2.63. The minimum atomic E-state index is -4.54. The van der Waals surface area contributed by atoms with Crippen LogP contribution in [0.4, 0.5) is 28.9 Å². The molecule has 0 spiro atoms. The van der Waals surface area contributed by atoms with Crippen molar-refractivity contribution in [3.8, 4) is 0 Å². The summed E-state index contributed by atoms with van der Waals surface area (Å²) in [6, 6.07) is 6.21. The van der Waals surface area contributed by atoms with Gasteiger partial charge in [-0.25, -0.2) is 4.39 Å². The maximum absolute atomic E-state index is 13.5. The van der Waals surface area contributed by atoms with Gasteiger partial charge in [0.1, 0.15) is 5.82 Å². The van der Waals surface area contributed by atoms with E-state index in [2.05, 4.69) is 10.6 Å². The van der Waals surface area contributed by atoms with Crippen molar-refractivity contribution in [2.45, 2.75) is 22.7 Å². The predicted octanol–water partition coefficient (Wildman–Crippen LogP) is 3.39. The number of carbonyl (C=O) groups is 3. The van der Waals surface area contributed by atoms with Gasteiger partial charge in [-0.1, -0.05) is 0 Å². The van der Waals surface area contributed by atoms with Crippen molar-refractivity contribution in [2.75, 3.05) is 10.6 Å². The molecule has 1 atom stereocenters. The first-order chi connectivity index (χ1) is 13.5. The Morgan fingerprint density at radius 2 is 1.90 bits per heavy atom. The van der Waals surface area contributed by atoms with E-state index in [0.29, 0.717) is 4.90 Å². The number of anilines is 2. The number of hydrogen-bond donors (Lipinski definition) is 3. The molecular weight excluding hydrogens is 414 g/mol. The Morgan fingerprint density at radius 1 is 1.17 bits per heavy atom. The fraction of sp³-hybridized carbons (Fsp3) is 0.167. The standard InChI is InChI=1S/C18H13F4N3O3S/c19-11-3-2-9(6-10(11)16(23)27)24-15(26)7-14-17(28)25-12-5-8(18(20,21)22)1-4-13(12)29-14/h1-6,14H,7H2,(H2,23,27)(H,24,26)(H,25,28). The smallest absolute Gasteiger partial charge is 0.366 e. The zero-order valence-corrected chi connectivity index (χ0v) is 15.3. The highest BCUT2D eigenvalue weighted by molar-refractivity contribution is 8.01. The topological polar surface area (TPSA) is 101 Å². The third-order valence-corrected chi connectivity index (χ3v) is 5.29. The molecule has 1 aliphatic heterocycles. The number of nitrogens with two attached hydrogens (primary N) is 1. The van der Waals surface area contributed by atoms with Crippen LogP contribution in [-0.4, -0.2) is 23.0 Å². The minimum Gasteiger partial charge on any atom is -0.366 e. The quantitative estimate of drug-likeness (QED) is 0.651. The lowest BCUT2D eigenvalue weighted by Gasteiger charge is -2.24. The van der Waals surface area contributed by atoms with Gasteiger partial charge in [-0.15, -0.1) is 11.8 Å². The van der Waals surface area contributed by atoms with Crippen molar-refractivity contribution in [2.24, 2.45) is 5.73 Å². The van der Waals surface area contributed by atoms with Gasteiger partial charge in [0, 0.05) is 17.0 Å². The van der Waals surface area contributed by atoms with Gasteiger partial charge in [-0.3, -0.25) is 14.4 Å². The molecule has 0 saturated heterocycles. The van der Waals surface area contributed by atoms with Crippen molar-refractivity contribution in [3.63, 3.8) is 0 Å². The minimum absolute atomic E-state index is 0.0242. The summed E-state index contributed by atoms with van der Waals surface area (Å²) in [7, 11) is 0. The van der Waals surface area contributed by atoms with Crippen LogP contribution < -0.4 is 16.4 Å². The van der Waals surface area contributed by atoms with Crippen molar-refractivity contribution in [1.82, 2.24) is 0 Å². The van der Waals surface area contributed by atoms with E-state index in [4.69, 9.17) is 5.73 Å². The highest BCUT2D eigenvalue weighted by Crippen LogP contribution is 2.40. The second kappa shape index (κ2) is 7.74. The Balaban J connectivity index is 1.70. The lowest BCUT2D eigenvalue weighted by molar-refractivity contribution is -0.137. The van der Waals surface area contributed by atoms with Crippen molar-refractivity contribution >= 4 is 40.9 Å². The summed E-state index contributed by atoms with van der Waals surface area (Å²) in [5, 5.41) is 3.92. The fourth-order valence-corrected chi connectivity index (χ4v) is 3.72. The van der Waals surface area contributed by atoms with Crippen molar-refractivity contribution in [1.29, 1.82) is 0 Å². The van der Waals surface area contributed by atoms with Crippen LogP contribution in [0.2, 0.25) is 0 Å². The molecule has 1 unspecified atom stereocenters. The number of primary amides is 1. The second-order valence-corrected chi connectivity index (χ2v) is 7.36. The van der Waals surface area contributed by atoms with Gasteiger partial charge in [-0.2, -0.15) is 13.2 Å². The first-order valence-electron chi connectivity index (χ1n) is 8.12. The molecule has 0 aliphatic carbocycles. The van der Waals surface area contributed by atoms with Gasteiger partial charge in [0.15, 0.2) is 0 Å². The summed E-state index contributed by atoms with van der Waals surface area (Å²) >= 11 is 0.959. The number of rotatable bonds is 4. The molecule has 0 saturated carbocycles. The normalized spacial score (nSPS) is 16.0. The Hall–Kier alpha value is -3.08. The van der Waals surface area contributed by atoms with Crippen molar-refractivity contribution < 1.29 is 31.9 Å². The first kappa shape index (κ1) is 20.6. The zero-order chi connectivity index (χ0) is 21.3. The Bertz CT molecular complexity index is 1010. The zero-order valence-electron chi connectivity index (χ0n) is 14.5. The van der Waals surface area contributed by atoms with E-state index in [1.54, 1.807) is 0 Å². The van der Waals surface area contributed by atoms with Crippen LogP contribution in [0.15, 0.2) is 41.3 Å². The molecular formula is C18H13F4N3O3S. The van der Waals surface area contributed by atoms with E-state index in [-0.39, 0.29) is 17.8 Å². The van der Waals surface area contributed by atoms with Crippen LogP contribution in [0.25, 0.3) is 0 Å². The molecule has 29 heavy (non-hydrogen) atoms. The van der Waals surface area contributed by atoms with E-state index in [0.717, 1.165) is 36.0 Å². The van der Waals surface area contributed by atoms with Crippen LogP contribution in [0.1, 0.15) is 22.3 Å². The van der Waals surface area contributed by atoms with E-state index < -0.39 is 46.1 Å². The number of fused-ring (bicyclic) bond motifs is 1. The molecule has 0 fully saturated rings. The lowest BCUT2D eigenvalue weighted by Crippen LogP contribution is -2.32. The van der Waals surface area contributed by atoms with Crippen LogP contribution >= 0.6 is 11.8 Å². The highest BCUT2D eigenvalue weighted by Gasteiger charge is 2.34. The van der Waals surface area contributed by atoms with Crippen LogP contribution in [0.3, 0.4) is 0 Å². The molecule has 0 aromatic heterocycles. The number of alkyl halides is 3. The highest BCUT2D eigenvalue weighted by atomic mass is 32.2. The van der Waals surface area contributed by atoms with E-state index in [1.165, 1.54) is 12.1 Å². The average Bonchev–Trinajstić information content (AvgIpc) is 2.62. The monoisotopic (exact) mass is 427 g/mol. The van der Waals surface area contributed by atoms with Gasteiger partial charge in [0.05, 0.1) is 22.1 Å². The van der Waals surface area contributed by atoms with Crippen LogP contribution in [0, 0.1) is 5.82 Å². The largest absolute Gasteiger partial charge is 0.416 e.